The quantitative estimate of drug-likeness (QED) is 0.693. The van der Waals surface area contributed by atoms with Crippen LogP contribution in [0.2, 0.25) is 0 Å². The second-order valence-corrected chi connectivity index (χ2v) is 8.30. The van der Waals surface area contributed by atoms with Crippen molar-refractivity contribution in [2.24, 2.45) is 0 Å². The summed E-state index contributed by atoms with van der Waals surface area (Å²) in [5.41, 5.74) is 2.44. The van der Waals surface area contributed by atoms with Crippen LogP contribution in [-0.2, 0) is 21.2 Å². The van der Waals surface area contributed by atoms with Gasteiger partial charge in [-0.3, -0.25) is 4.79 Å². The van der Waals surface area contributed by atoms with Gasteiger partial charge in [-0.1, -0.05) is 43.7 Å². The minimum Gasteiger partial charge on any atom is -0.492 e. The third kappa shape index (κ3) is 5.33. The number of carbonyl (C=O) groups is 1. The summed E-state index contributed by atoms with van der Waals surface area (Å²) in [4.78, 5) is 12.4. The molecule has 2 aromatic carbocycles. The summed E-state index contributed by atoms with van der Waals surface area (Å²) < 4.78 is 32.8. The Morgan fingerprint density at radius 3 is 2.25 bits per heavy atom. The summed E-state index contributed by atoms with van der Waals surface area (Å²) in [6.45, 7) is 8.42. The second kappa shape index (κ2) is 9.71. The van der Waals surface area contributed by atoms with Crippen molar-refractivity contribution in [1.82, 2.24) is 4.31 Å². The number of benzene rings is 2. The van der Waals surface area contributed by atoms with Gasteiger partial charge in [0.1, 0.15) is 10.6 Å². The molecule has 2 aromatic rings. The van der Waals surface area contributed by atoms with Gasteiger partial charge in [0.2, 0.25) is 15.9 Å². The molecule has 0 spiro atoms. The fraction of sp³-hybridized carbons (Fsp3) is 0.381. The van der Waals surface area contributed by atoms with Gasteiger partial charge < -0.3 is 10.1 Å². The number of amides is 1. The molecular weight excluding hydrogens is 376 g/mol. The van der Waals surface area contributed by atoms with E-state index in [1.54, 1.807) is 32.9 Å². The standard InChI is InChI=1S/C21H28N2O4S/c1-5-23(6-2)28(25,26)20-15-18(12-13-19(20)27-7-3)22-21(24)14-17-10-8-16(4)9-11-17/h8-13,15H,5-7,14H2,1-4H3,(H,22,24). The summed E-state index contributed by atoms with van der Waals surface area (Å²) in [5.74, 6) is 0.0742. The van der Waals surface area contributed by atoms with Crippen LogP contribution in [0.5, 0.6) is 5.75 Å². The molecule has 152 valence electrons. The highest BCUT2D eigenvalue weighted by Crippen LogP contribution is 2.30. The van der Waals surface area contributed by atoms with E-state index in [0.29, 0.717) is 25.4 Å². The molecule has 28 heavy (non-hydrogen) atoms. The molecule has 0 atom stereocenters. The first-order valence-corrected chi connectivity index (χ1v) is 10.9. The van der Waals surface area contributed by atoms with Crippen LogP contribution in [0.4, 0.5) is 5.69 Å². The van der Waals surface area contributed by atoms with E-state index in [0.717, 1.165) is 11.1 Å². The average molecular weight is 405 g/mol. The largest absolute Gasteiger partial charge is 0.492 e. The molecule has 6 nitrogen and oxygen atoms in total. The van der Waals surface area contributed by atoms with Gasteiger partial charge in [0.15, 0.2) is 0 Å². The van der Waals surface area contributed by atoms with Gasteiger partial charge in [-0.25, -0.2) is 8.42 Å². The molecule has 0 unspecified atom stereocenters. The van der Waals surface area contributed by atoms with Crippen LogP contribution >= 0.6 is 0 Å². The number of anilines is 1. The number of sulfonamides is 1. The normalized spacial score (nSPS) is 11.5. The van der Waals surface area contributed by atoms with Gasteiger partial charge in [-0.2, -0.15) is 4.31 Å². The number of carbonyl (C=O) groups excluding carboxylic acids is 1. The predicted molar refractivity (Wildman–Crippen MR) is 111 cm³/mol. The van der Waals surface area contributed by atoms with E-state index in [4.69, 9.17) is 4.74 Å². The minimum atomic E-state index is -3.72. The van der Waals surface area contributed by atoms with Crippen molar-refractivity contribution in [2.45, 2.75) is 39.0 Å². The molecule has 2 rings (SSSR count). The molecule has 7 heteroatoms. The van der Waals surface area contributed by atoms with E-state index in [2.05, 4.69) is 5.32 Å². The molecule has 0 bridgehead atoms. The van der Waals surface area contributed by atoms with E-state index in [1.165, 1.54) is 10.4 Å². The molecule has 0 aliphatic carbocycles. The van der Waals surface area contributed by atoms with Crippen LogP contribution in [0.1, 0.15) is 31.9 Å². The average Bonchev–Trinajstić information content (AvgIpc) is 2.65. The van der Waals surface area contributed by atoms with Crippen molar-refractivity contribution in [3.05, 3.63) is 53.6 Å². The van der Waals surface area contributed by atoms with Gasteiger partial charge in [0.25, 0.3) is 0 Å². The monoisotopic (exact) mass is 404 g/mol. The topological polar surface area (TPSA) is 75.7 Å². The Morgan fingerprint density at radius 1 is 1.04 bits per heavy atom. The highest BCUT2D eigenvalue weighted by Gasteiger charge is 2.26. The summed E-state index contributed by atoms with van der Waals surface area (Å²) in [7, 11) is -3.72. The molecule has 1 amide bonds. The third-order valence-corrected chi connectivity index (χ3v) is 6.41. The van der Waals surface area contributed by atoms with Gasteiger partial charge in [0.05, 0.1) is 13.0 Å². The van der Waals surface area contributed by atoms with Crippen molar-refractivity contribution in [1.29, 1.82) is 0 Å². The highest BCUT2D eigenvalue weighted by atomic mass is 32.2. The summed E-state index contributed by atoms with van der Waals surface area (Å²) in [6, 6.07) is 12.4. The fourth-order valence-electron chi connectivity index (χ4n) is 2.86. The molecule has 0 aromatic heterocycles. The molecule has 0 aliphatic heterocycles. The molecule has 0 saturated heterocycles. The number of hydrogen-bond acceptors (Lipinski definition) is 4. The smallest absolute Gasteiger partial charge is 0.246 e. The maximum Gasteiger partial charge on any atom is 0.246 e. The van der Waals surface area contributed by atoms with Crippen LogP contribution in [0.15, 0.2) is 47.4 Å². The minimum absolute atomic E-state index is 0.0613. The summed E-state index contributed by atoms with van der Waals surface area (Å²) >= 11 is 0. The zero-order valence-corrected chi connectivity index (χ0v) is 17.7. The highest BCUT2D eigenvalue weighted by molar-refractivity contribution is 7.89. The predicted octanol–water partition coefficient (Wildman–Crippen LogP) is 3.61. The Bertz CT molecular complexity index is 905. The molecule has 1 N–H and O–H groups in total. The third-order valence-electron chi connectivity index (χ3n) is 4.34. The molecule has 0 heterocycles. The Labute approximate surface area is 167 Å². The Morgan fingerprint density at radius 2 is 1.68 bits per heavy atom. The molecule has 0 saturated carbocycles. The van der Waals surface area contributed by atoms with Crippen LogP contribution in [0.3, 0.4) is 0 Å². The molecule has 0 radical (unpaired) electrons. The molecule has 0 fully saturated rings. The zero-order chi connectivity index (χ0) is 20.7. The van der Waals surface area contributed by atoms with Crippen molar-refractivity contribution < 1.29 is 17.9 Å². The number of hydrogen-bond donors (Lipinski definition) is 1. The Hall–Kier alpha value is -2.38. The number of aryl methyl sites for hydroxylation is 1. The van der Waals surface area contributed by atoms with E-state index in [1.807, 2.05) is 31.2 Å². The maximum atomic E-state index is 13.0. The van der Waals surface area contributed by atoms with Gasteiger partial charge in [-0.05, 0) is 37.6 Å². The van der Waals surface area contributed by atoms with Gasteiger partial charge >= 0.3 is 0 Å². The zero-order valence-electron chi connectivity index (χ0n) is 16.9. The lowest BCUT2D eigenvalue weighted by atomic mass is 10.1. The SMILES string of the molecule is CCOc1ccc(NC(=O)Cc2ccc(C)cc2)cc1S(=O)(=O)N(CC)CC. The van der Waals surface area contributed by atoms with Gasteiger partial charge in [-0.15, -0.1) is 0 Å². The number of nitrogens with zero attached hydrogens (tertiary/aromatic N) is 1. The first-order chi connectivity index (χ1) is 13.3. The Balaban J connectivity index is 2.28. The van der Waals surface area contributed by atoms with Crippen LogP contribution < -0.4 is 10.1 Å². The van der Waals surface area contributed by atoms with E-state index in [9.17, 15) is 13.2 Å². The number of rotatable bonds is 9. The van der Waals surface area contributed by atoms with Gasteiger partial charge in [0, 0.05) is 18.8 Å². The first-order valence-electron chi connectivity index (χ1n) is 9.44. The lowest BCUT2D eigenvalue weighted by Gasteiger charge is -2.21. The van der Waals surface area contributed by atoms with E-state index >= 15 is 0 Å². The van der Waals surface area contributed by atoms with Crippen LogP contribution in [0, 0.1) is 6.92 Å². The van der Waals surface area contributed by atoms with Crippen molar-refractivity contribution in [3.63, 3.8) is 0 Å². The van der Waals surface area contributed by atoms with Crippen molar-refractivity contribution in [2.75, 3.05) is 25.0 Å². The van der Waals surface area contributed by atoms with E-state index in [-0.39, 0.29) is 23.0 Å². The van der Waals surface area contributed by atoms with Crippen molar-refractivity contribution in [3.8, 4) is 5.75 Å². The van der Waals surface area contributed by atoms with Crippen molar-refractivity contribution >= 4 is 21.6 Å². The fourth-order valence-corrected chi connectivity index (χ4v) is 4.48. The Kier molecular flexibility index (Phi) is 7.60. The summed E-state index contributed by atoms with van der Waals surface area (Å²) in [5, 5.41) is 2.78. The number of ether oxygens (including phenoxy) is 1. The van der Waals surface area contributed by atoms with Crippen LogP contribution in [-0.4, -0.2) is 38.3 Å². The first kappa shape index (κ1) is 21.9. The molecule has 0 aliphatic rings. The lowest BCUT2D eigenvalue weighted by Crippen LogP contribution is -2.31. The maximum absolute atomic E-state index is 13.0. The summed E-state index contributed by atoms with van der Waals surface area (Å²) in [6.07, 6.45) is 0.214. The van der Waals surface area contributed by atoms with E-state index < -0.39 is 10.0 Å². The molecular formula is C21H28N2O4S. The lowest BCUT2D eigenvalue weighted by molar-refractivity contribution is -0.115. The second-order valence-electron chi connectivity index (χ2n) is 6.39. The number of nitrogens with one attached hydrogen (secondary N) is 1. The van der Waals surface area contributed by atoms with Crippen LogP contribution in [0.25, 0.3) is 0 Å².